The molecule has 0 aliphatic carbocycles. The van der Waals surface area contributed by atoms with Gasteiger partial charge in [-0.05, 0) is 36.4 Å². The fraction of sp³-hybridized carbons (Fsp3) is 0.217. The molecule has 29 heavy (non-hydrogen) atoms. The van der Waals surface area contributed by atoms with Crippen molar-refractivity contribution in [3.05, 3.63) is 89.8 Å². The zero-order valence-corrected chi connectivity index (χ0v) is 16.3. The van der Waals surface area contributed by atoms with Crippen LogP contribution in [0.15, 0.2) is 66.9 Å². The SMILES string of the molecule is Cn1c(CCNCc2ccccc2OCc2ccccn2)nc2ccc(F)cc21. The number of fused-ring (bicyclic) bond motifs is 1. The second-order valence-electron chi connectivity index (χ2n) is 6.86. The van der Waals surface area contributed by atoms with Gasteiger partial charge < -0.3 is 14.6 Å². The van der Waals surface area contributed by atoms with Crippen LogP contribution in [0.3, 0.4) is 0 Å². The molecule has 5 nitrogen and oxygen atoms in total. The maximum absolute atomic E-state index is 13.5. The number of para-hydroxylation sites is 1. The first kappa shape index (κ1) is 19.1. The summed E-state index contributed by atoms with van der Waals surface area (Å²) < 4.78 is 21.4. The van der Waals surface area contributed by atoms with Gasteiger partial charge in [-0.2, -0.15) is 0 Å². The van der Waals surface area contributed by atoms with Gasteiger partial charge in [0.25, 0.3) is 0 Å². The first-order chi connectivity index (χ1) is 14.2. The van der Waals surface area contributed by atoms with Gasteiger partial charge >= 0.3 is 0 Å². The molecule has 0 aliphatic rings. The van der Waals surface area contributed by atoms with Crippen LogP contribution in [0.5, 0.6) is 5.75 Å². The van der Waals surface area contributed by atoms with Crippen molar-refractivity contribution in [1.29, 1.82) is 0 Å². The summed E-state index contributed by atoms with van der Waals surface area (Å²) in [5, 5.41) is 3.45. The van der Waals surface area contributed by atoms with Crippen LogP contribution in [0.4, 0.5) is 4.39 Å². The van der Waals surface area contributed by atoms with E-state index in [2.05, 4.69) is 21.4 Å². The number of aryl methyl sites for hydroxylation is 1. The third-order valence-corrected chi connectivity index (χ3v) is 4.85. The third-order valence-electron chi connectivity index (χ3n) is 4.85. The fourth-order valence-corrected chi connectivity index (χ4v) is 3.29. The molecule has 0 amide bonds. The number of nitrogens with zero attached hydrogens (tertiary/aromatic N) is 3. The normalized spacial score (nSPS) is 11.1. The molecule has 2 heterocycles. The molecule has 2 aromatic heterocycles. The fourth-order valence-electron chi connectivity index (χ4n) is 3.29. The van der Waals surface area contributed by atoms with E-state index in [1.54, 1.807) is 12.3 Å². The average Bonchev–Trinajstić information content (AvgIpc) is 3.06. The minimum absolute atomic E-state index is 0.243. The van der Waals surface area contributed by atoms with Crippen LogP contribution in [0, 0.1) is 5.82 Å². The van der Waals surface area contributed by atoms with E-state index in [4.69, 9.17) is 4.74 Å². The number of benzene rings is 2. The Kier molecular flexibility index (Phi) is 5.81. The molecule has 0 radical (unpaired) electrons. The maximum Gasteiger partial charge on any atom is 0.130 e. The van der Waals surface area contributed by atoms with Gasteiger partial charge in [-0.25, -0.2) is 9.37 Å². The number of imidazole rings is 1. The molecule has 4 aromatic rings. The molecule has 0 saturated carbocycles. The molecular formula is C23H23FN4O. The van der Waals surface area contributed by atoms with Crippen molar-refractivity contribution >= 4 is 11.0 Å². The van der Waals surface area contributed by atoms with Gasteiger partial charge in [0.15, 0.2) is 0 Å². The topological polar surface area (TPSA) is 52.0 Å². The van der Waals surface area contributed by atoms with Crippen molar-refractivity contribution in [3.8, 4) is 5.75 Å². The highest BCUT2D eigenvalue weighted by Crippen LogP contribution is 2.19. The highest BCUT2D eigenvalue weighted by Gasteiger charge is 2.09. The lowest BCUT2D eigenvalue weighted by Crippen LogP contribution is -2.18. The van der Waals surface area contributed by atoms with Gasteiger partial charge in [0.2, 0.25) is 0 Å². The second kappa shape index (κ2) is 8.84. The van der Waals surface area contributed by atoms with Gasteiger partial charge in [-0.1, -0.05) is 24.3 Å². The molecule has 0 aliphatic heterocycles. The van der Waals surface area contributed by atoms with E-state index >= 15 is 0 Å². The first-order valence-electron chi connectivity index (χ1n) is 9.63. The molecule has 4 rings (SSSR count). The number of pyridine rings is 1. The van der Waals surface area contributed by atoms with Crippen molar-refractivity contribution in [3.63, 3.8) is 0 Å². The van der Waals surface area contributed by atoms with E-state index in [0.29, 0.717) is 13.2 Å². The lowest BCUT2D eigenvalue weighted by atomic mass is 10.2. The summed E-state index contributed by atoms with van der Waals surface area (Å²) in [5.74, 6) is 1.54. The van der Waals surface area contributed by atoms with Crippen LogP contribution >= 0.6 is 0 Å². The number of rotatable bonds is 8. The molecule has 6 heteroatoms. The zero-order valence-electron chi connectivity index (χ0n) is 16.3. The van der Waals surface area contributed by atoms with Gasteiger partial charge in [-0.3, -0.25) is 4.98 Å². The van der Waals surface area contributed by atoms with Crippen LogP contribution in [-0.4, -0.2) is 21.1 Å². The number of aromatic nitrogens is 3. The van der Waals surface area contributed by atoms with Crippen LogP contribution < -0.4 is 10.1 Å². The predicted molar refractivity (Wildman–Crippen MR) is 111 cm³/mol. The molecule has 0 atom stereocenters. The molecule has 0 fully saturated rings. The number of halogens is 1. The van der Waals surface area contributed by atoms with Gasteiger partial charge in [0.1, 0.15) is 24.0 Å². The summed E-state index contributed by atoms with van der Waals surface area (Å²) in [6.07, 6.45) is 2.52. The molecular weight excluding hydrogens is 367 g/mol. The van der Waals surface area contributed by atoms with E-state index in [0.717, 1.165) is 46.8 Å². The number of ether oxygens (including phenoxy) is 1. The summed E-state index contributed by atoms with van der Waals surface area (Å²) in [4.78, 5) is 8.89. The largest absolute Gasteiger partial charge is 0.487 e. The Labute approximate surface area is 169 Å². The molecule has 148 valence electrons. The summed E-state index contributed by atoms with van der Waals surface area (Å²) >= 11 is 0. The van der Waals surface area contributed by atoms with Crippen molar-refractivity contribution in [2.24, 2.45) is 7.05 Å². The van der Waals surface area contributed by atoms with E-state index < -0.39 is 0 Å². The smallest absolute Gasteiger partial charge is 0.130 e. The Morgan fingerprint density at radius 1 is 1.07 bits per heavy atom. The Hall–Kier alpha value is -3.25. The minimum Gasteiger partial charge on any atom is -0.487 e. The van der Waals surface area contributed by atoms with Crippen LogP contribution in [0.1, 0.15) is 17.1 Å². The van der Waals surface area contributed by atoms with Crippen molar-refractivity contribution in [2.75, 3.05) is 6.54 Å². The molecule has 0 bridgehead atoms. The van der Waals surface area contributed by atoms with Crippen molar-refractivity contribution in [1.82, 2.24) is 19.9 Å². The molecule has 0 spiro atoms. The Morgan fingerprint density at radius 2 is 1.93 bits per heavy atom. The summed E-state index contributed by atoms with van der Waals surface area (Å²) in [5.41, 5.74) is 3.62. The Morgan fingerprint density at radius 3 is 2.79 bits per heavy atom. The lowest BCUT2D eigenvalue weighted by Gasteiger charge is -2.12. The van der Waals surface area contributed by atoms with Gasteiger partial charge in [-0.15, -0.1) is 0 Å². The van der Waals surface area contributed by atoms with Crippen molar-refractivity contribution < 1.29 is 9.13 Å². The van der Waals surface area contributed by atoms with Crippen LogP contribution in [0.25, 0.3) is 11.0 Å². The van der Waals surface area contributed by atoms with E-state index in [1.807, 2.05) is 48.0 Å². The maximum atomic E-state index is 13.5. The highest BCUT2D eigenvalue weighted by molar-refractivity contribution is 5.75. The lowest BCUT2D eigenvalue weighted by molar-refractivity contribution is 0.297. The molecule has 0 saturated heterocycles. The first-order valence-corrected chi connectivity index (χ1v) is 9.63. The number of nitrogens with one attached hydrogen (secondary N) is 1. The summed E-state index contributed by atoms with van der Waals surface area (Å²) in [6.45, 7) is 1.89. The third kappa shape index (κ3) is 4.60. The zero-order chi connectivity index (χ0) is 20.1. The number of hydrogen-bond donors (Lipinski definition) is 1. The molecule has 1 N–H and O–H groups in total. The highest BCUT2D eigenvalue weighted by atomic mass is 19.1. The summed E-state index contributed by atoms with van der Waals surface area (Å²) in [6, 6.07) is 18.5. The predicted octanol–water partition coefficient (Wildman–Crippen LogP) is 4.02. The molecule has 0 unspecified atom stereocenters. The van der Waals surface area contributed by atoms with Crippen LogP contribution in [-0.2, 0) is 26.6 Å². The average molecular weight is 390 g/mol. The quantitative estimate of drug-likeness (QED) is 0.462. The van der Waals surface area contributed by atoms with Gasteiger partial charge in [0, 0.05) is 38.3 Å². The Balaban J connectivity index is 1.33. The number of hydrogen-bond acceptors (Lipinski definition) is 4. The van der Waals surface area contributed by atoms with E-state index in [-0.39, 0.29) is 5.82 Å². The minimum atomic E-state index is -0.243. The summed E-state index contributed by atoms with van der Waals surface area (Å²) in [7, 11) is 1.92. The van der Waals surface area contributed by atoms with Crippen molar-refractivity contribution in [2.45, 2.75) is 19.6 Å². The van der Waals surface area contributed by atoms with E-state index in [1.165, 1.54) is 12.1 Å². The second-order valence-corrected chi connectivity index (χ2v) is 6.86. The monoisotopic (exact) mass is 390 g/mol. The standard InChI is InChI=1S/C23H23FN4O/c1-28-21-14-18(24)9-10-20(21)27-23(28)11-13-25-15-17-6-2-3-8-22(17)29-16-19-7-4-5-12-26-19/h2-10,12,14,25H,11,13,15-16H2,1H3. The van der Waals surface area contributed by atoms with E-state index in [9.17, 15) is 4.39 Å². The molecule has 2 aromatic carbocycles. The Bertz CT molecular complexity index is 1090. The van der Waals surface area contributed by atoms with Crippen LogP contribution in [0.2, 0.25) is 0 Å². The van der Waals surface area contributed by atoms with Gasteiger partial charge in [0.05, 0.1) is 16.7 Å².